The maximum atomic E-state index is 8.40. The molecule has 2 atom stereocenters. The van der Waals surface area contributed by atoms with E-state index in [0.29, 0.717) is 6.61 Å². The fourth-order valence-electron chi connectivity index (χ4n) is 3.03. The predicted molar refractivity (Wildman–Crippen MR) is 55.3 cm³/mol. The normalized spacial score (nSPS) is 36.1. The van der Waals surface area contributed by atoms with Crippen molar-refractivity contribution in [3.63, 3.8) is 0 Å². The third-order valence-electron chi connectivity index (χ3n) is 2.96. The Balaban J connectivity index is 2.65. The monoisotopic (exact) mass is 196 g/mol. The van der Waals surface area contributed by atoms with E-state index in [-0.39, 0.29) is 16.9 Å². The summed E-state index contributed by atoms with van der Waals surface area (Å²) >= 11 is 0. The topological polar surface area (TPSA) is 59.0 Å². The summed E-state index contributed by atoms with van der Waals surface area (Å²) in [5, 5.41) is 8.40. The minimum atomic E-state index is 0.0664. The van der Waals surface area contributed by atoms with E-state index in [2.05, 4.69) is 20.8 Å². The zero-order chi connectivity index (χ0) is 10.8. The van der Waals surface area contributed by atoms with Crippen molar-refractivity contribution < 1.29 is 4.74 Å². The van der Waals surface area contributed by atoms with E-state index in [1.165, 1.54) is 0 Å². The van der Waals surface area contributed by atoms with Crippen molar-refractivity contribution in [3.05, 3.63) is 0 Å². The molecule has 1 aliphatic rings. The maximum absolute atomic E-state index is 8.40. The van der Waals surface area contributed by atoms with Gasteiger partial charge in [0, 0.05) is 11.5 Å². The Labute approximate surface area is 86.2 Å². The summed E-state index contributed by atoms with van der Waals surface area (Å²) in [6, 6.07) is 0.242. The first-order valence-electron chi connectivity index (χ1n) is 5.13. The van der Waals surface area contributed by atoms with Crippen LogP contribution in [0.2, 0.25) is 0 Å². The molecule has 2 N–H and O–H groups in total. The second-order valence-electron chi connectivity index (χ2n) is 5.70. The van der Waals surface area contributed by atoms with Crippen LogP contribution in [0.15, 0.2) is 0 Å². The SMILES string of the molecule is CC1(C)CC(N)CC(C)(COC#N)C1. The molecule has 1 fully saturated rings. The first-order chi connectivity index (χ1) is 6.37. The molecule has 1 rings (SSSR count). The molecule has 0 saturated heterocycles. The largest absolute Gasteiger partial charge is 0.427 e. The number of hydrogen-bond acceptors (Lipinski definition) is 3. The zero-order valence-corrected chi connectivity index (χ0v) is 9.34. The van der Waals surface area contributed by atoms with Crippen LogP contribution in [0.1, 0.15) is 40.0 Å². The summed E-state index contributed by atoms with van der Waals surface area (Å²) in [6.45, 7) is 7.12. The Morgan fingerprint density at radius 1 is 1.43 bits per heavy atom. The van der Waals surface area contributed by atoms with Gasteiger partial charge in [-0.15, -0.1) is 0 Å². The Morgan fingerprint density at radius 3 is 2.57 bits per heavy atom. The van der Waals surface area contributed by atoms with Crippen molar-refractivity contribution in [1.82, 2.24) is 0 Å². The van der Waals surface area contributed by atoms with Crippen LogP contribution in [0, 0.1) is 22.3 Å². The molecule has 0 heterocycles. The van der Waals surface area contributed by atoms with Crippen molar-refractivity contribution in [3.8, 4) is 6.26 Å². The van der Waals surface area contributed by atoms with Crippen molar-refractivity contribution in [2.24, 2.45) is 16.6 Å². The van der Waals surface area contributed by atoms with E-state index in [0.717, 1.165) is 19.3 Å². The molecule has 3 heteroatoms. The van der Waals surface area contributed by atoms with E-state index >= 15 is 0 Å². The molecule has 0 amide bonds. The lowest BCUT2D eigenvalue weighted by Gasteiger charge is -2.44. The van der Waals surface area contributed by atoms with Crippen molar-refractivity contribution in [2.75, 3.05) is 6.61 Å². The molecule has 0 aromatic carbocycles. The molecule has 0 aromatic rings. The van der Waals surface area contributed by atoms with E-state index in [9.17, 15) is 0 Å². The van der Waals surface area contributed by atoms with Gasteiger partial charge in [0.15, 0.2) is 0 Å². The first-order valence-corrected chi connectivity index (χ1v) is 5.13. The molecule has 1 aliphatic carbocycles. The molecule has 0 aromatic heterocycles. The van der Waals surface area contributed by atoms with Crippen molar-refractivity contribution in [1.29, 1.82) is 5.26 Å². The van der Waals surface area contributed by atoms with Crippen LogP contribution >= 0.6 is 0 Å². The van der Waals surface area contributed by atoms with Crippen molar-refractivity contribution >= 4 is 0 Å². The van der Waals surface area contributed by atoms with Gasteiger partial charge >= 0.3 is 0 Å². The van der Waals surface area contributed by atoms with Crippen LogP contribution in [0.3, 0.4) is 0 Å². The van der Waals surface area contributed by atoms with Gasteiger partial charge in [0.2, 0.25) is 0 Å². The van der Waals surface area contributed by atoms with Gasteiger partial charge < -0.3 is 10.5 Å². The fraction of sp³-hybridized carbons (Fsp3) is 0.909. The van der Waals surface area contributed by atoms with Gasteiger partial charge in [0.25, 0.3) is 6.26 Å². The van der Waals surface area contributed by atoms with Gasteiger partial charge in [-0.3, -0.25) is 0 Å². The molecule has 14 heavy (non-hydrogen) atoms. The highest BCUT2D eigenvalue weighted by atomic mass is 16.5. The zero-order valence-electron chi connectivity index (χ0n) is 9.34. The van der Waals surface area contributed by atoms with E-state index in [1.807, 2.05) is 0 Å². The van der Waals surface area contributed by atoms with Crippen LogP contribution in [0.4, 0.5) is 0 Å². The Hall–Kier alpha value is -0.750. The molecule has 1 saturated carbocycles. The highest BCUT2D eigenvalue weighted by molar-refractivity contribution is 4.93. The second-order valence-corrected chi connectivity index (χ2v) is 5.70. The van der Waals surface area contributed by atoms with Crippen LogP contribution in [-0.4, -0.2) is 12.6 Å². The van der Waals surface area contributed by atoms with Crippen LogP contribution in [0.25, 0.3) is 0 Å². The lowest BCUT2D eigenvalue weighted by molar-refractivity contribution is 0.0283. The van der Waals surface area contributed by atoms with Gasteiger partial charge in [-0.1, -0.05) is 20.8 Å². The third kappa shape index (κ3) is 2.88. The minimum absolute atomic E-state index is 0.0664. The predicted octanol–water partition coefficient (Wildman–Crippen LogP) is 2.03. The average Bonchev–Trinajstić information content (AvgIpc) is 1.96. The lowest BCUT2D eigenvalue weighted by Crippen LogP contribution is -2.44. The highest BCUT2D eigenvalue weighted by Gasteiger charge is 2.40. The number of nitrogens with two attached hydrogens (primary N) is 1. The number of rotatable bonds is 2. The molecule has 80 valence electrons. The summed E-state index contributed by atoms with van der Waals surface area (Å²) in [5.41, 5.74) is 6.35. The molecule has 3 nitrogen and oxygen atoms in total. The summed E-state index contributed by atoms with van der Waals surface area (Å²) in [7, 11) is 0. The molecular formula is C11H20N2O. The fourth-order valence-corrected chi connectivity index (χ4v) is 3.03. The van der Waals surface area contributed by atoms with Gasteiger partial charge in [-0.05, 0) is 24.7 Å². The Bertz CT molecular complexity index is 244. The minimum Gasteiger partial charge on any atom is -0.427 e. The smallest absolute Gasteiger partial charge is 0.286 e. The molecule has 0 spiro atoms. The third-order valence-corrected chi connectivity index (χ3v) is 2.96. The molecule has 0 radical (unpaired) electrons. The van der Waals surface area contributed by atoms with E-state index in [1.54, 1.807) is 6.26 Å². The first kappa shape index (κ1) is 11.3. The number of nitrogens with zero attached hydrogens (tertiary/aromatic N) is 1. The number of ether oxygens (including phenoxy) is 1. The average molecular weight is 196 g/mol. The van der Waals surface area contributed by atoms with Gasteiger partial charge in [-0.2, -0.15) is 5.26 Å². The van der Waals surface area contributed by atoms with E-state index < -0.39 is 0 Å². The highest BCUT2D eigenvalue weighted by Crippen LogP contribution is 2.45. The number of nitriles is 1. The quantitative estimate of drug-likeness (QED) is 0.687. The van der Waals surface area contributed by atoms with Gasteiger partial charge in [0.05, 0.1) is 0 Å². The van der Waals surface area contributed by atoms with Crippen molar-refractivity contribution in [2.45, 2.75) is 46.1 Å². The summed E-state index contributed by atoms with van der Waals surface area (Å²) < 4.78 is 4.87. The standard InChI is InChI=1S/C11H20N2O/c1-10(2)4-9(13)5-11(3,6-10)7-14-8-12/h9H,4-7,13H2,1-3H3. The summed E-state index contributed by atoms with van der Waals surface area (Å²) in [5.74, 6) is 0. The van der Waals surface area contributed by atoms with Gasteiger partial charge in [-0.25, -0.2) is 0 Å². The number of hydrogen-bond donors (Lipinski definition) is 1. The lowest BCUT2D eigenvalue weighted by atomic mass is 9.63. The molecule has 2 unspecified atom stereocenters. The maximum Gasteiger partial charge on any atom is 0.286 e. The van der Waals surface area contributed by atoms with Crippen LogP contribution in [-0.2, 0) is 4.74 Å². The van der Waals surface area contributed by atoms with Gasteiger partial charge in [0.1, 0.15) is 6.61 Å². The molecule has 0 aliphatic heterocycles. The summed E-state index contributed by atoms with van der Waals surface area (Å²) in [4.78, 5) is 0. The second kappa shape index (κ2) is 3.78. The Morgan fingerprint density at radius 2 is 2.07 bits per heavy atom. The van der Waals surface area contributed by atoms with Crippen LogP contribution in [0.5, 0.6) is 0 Å². The molecule has 0 bridgehead atoms. The molecular weight excluding hydrogens is 176 g/mol. The Kier molecular flexibility index (Phi) is 3.06. The van der Waals surface area contributed by atoms with E-state index in [4.69, 9.17) is 15.7 Å². The summed E-state index contributed by atoms with van der Waals surface area (Å²) in [6.07, 6.45) is 4.84. The van der Waals surface area contributed by atoms with Crippen LogP contribution < -0.4 is 5.73 Å².